The highest BCUT2D eigenvalue weighted by molar-refractivity contribution is 5.91. The van der Waals surface area contributed by atoms with Gasteiger partial charge in [-0.25, -0.2) is 4.39 Å². The predicted molar refractivity (Wildman–Crippen MR) is 54.7 cm³/mol. The van der Waals surface area contributed by atoms with Crippen molar-refractivity contribution in [1.29, 1.82) is 0 Å². The zero-order chi connectivity index (χ0) is 10.6. The molecule has 0 heterocycles. The predicted octanol–water partition coefficient (Wildman–Crippen LogP) is 2.87. The lowest BCUT2D eigenvalue weighted by atomic mass is 10.2. The Labute approximate surface area is 83.1 Å². The quantitative estimate of drug-likeness (QED) is 0.789. The first-order chi connectivity index (χ1) is 6.65. The summed E-state index contributed by atoms with van der Waals surface area (Å²) in [5, 5.41) is 2.67. The molecule has 76 valence electrons. The second-order valence-electron chi connectivity index (χ2n) is 3.21. The molecular weight excluding hydrogens is 181 g/mol. The Morgan fingerprint density at radius 1 is 1.50 bits per heavy atom. The third-order valence-corrected chi connectivity index (χ3v) is 2.02. The number of rotatable bonds is 3. The molecule has 1 aromatic carbocycles. The maximum atomic E-state index is 13.1. The number of carbonyl (C=O) groups excluding carboxylic acids is 1. The van der Waals surface area contributed by atoms with Crippen molar-refractivity contribution < 1.29 is 9.18 Å². The lowest BCUT2D eigenvalue weighted by Crippen LogP contribution is -2.11. The molecule has 0 aliphatic heterocycles. The van der Waals surface area contributed by atoms with Crippen molar-refractivity contribution in [3.63, 3.8) is 0 Å². The maximum absolute atomic E-state index is 13.1. The van der Waals surface area contributed by atoms with Gasteiger partial charge in [0.05, 0.1) is 0 Å². The number of nitrogens with one attached hydrogen (secondary N) is 1. The average Bonchev–Trinajstić information content (AvgIpc) is 2.13. The van der Waals surface area contributed by atoms with Crippen LogP contribution in [0.3, 0.4) is 0 Å². The lowest BCUT2D eigenvalue weighted by Gasteiger charge is -2.07. The molecule has 1 N–H and O–H groups in total. The van der Waals surface area contributed by atoms with Crippen molar-refractivity contribution in [1.82, 2.24) is 0 Å². The highest BCUT2D eigenvalue weighted by Crippen LogP contribution is 2.17. The van der Waals surface area contributed by atoms with E-state index in [9.17, 15) is 9.18 Å². The van der Waals surface area contributed by atoms with E-state index >= 15 is 0 Å². The summed E-state index contributed by atoms with van der Waals surface area (Å²) in [6.07, 6.45) is 1.26. The van der Waals surface area contributed by atoms with E-state index < -0.39 is 0 Å². The lowest BCUT2D eigenvalue weighted by molar-refractivity contribution is -0.116. The van der Waals surface area contributed by atoms with E-state index in [1.807, 2.05) is 6.92 Å². The molecule has 0 bridgehead atoms. The minimum Gasteiger partial charge on any atom is -0.326 e. The first-order valence-corrected chi connectivity index (χ1v) is 4.70. The second-order valence-corrected chi connectivity index (χ2v) is 3.21. The molecule has 0 saturated heterocycles. The van der Waals surface area contributed by atoms with Crippen LogP contribution in [-0.2, 0) is 4.79 Å². The van der Waals surface area contributed by atoms with E-state index in [2.05, 4.69) is 5.32 Å². The van der Waals surface area contributed by atoms with Gasteiger partial charge in [-0.05, 0) is 25.5 Å². The monoisotopic (exact) mass is 195 g/mol. The zero-order valence-corrected chi connectivity index (χ0v) is 8.43. The van der Waals surface area contributed by atoms with Crippen LogP contribution in [0, 0.1) is 12.7 Å². The molecule has 14 heavy (non-hydrogen) atoms. The molecule has 0 aliphatic carbocycles. The number of halogens is 1. The van der Waals surface area contributed by atoms with Crippen molar-refractivity contribution in [2.75, 3.05) is 5.32 Å². The van der Waals surface area contributed by atoms with E-state index in [4.69, 9.17) is 0 Å². The Kier molecular flexibility index (Phi) is 3.63. The van der Waals surface area contributed by atoms with Crippen molar-refractivity contribution in [2.24, 2.45) is 0 Å². The largest absolute Gasteiger partial charge is 0.326 e. The van der Waals surface area contributed by atoms with Crippen LogP contribution in [0.1, 0.15) is 25.3 Å². The van der Waals surface area contributed by atoms with E-state index in [1.165, 1.54) is 6.07 Å². The zero-order valence-electron chi connectivity index (χ0n) is 8.43. The SMILES string of the molecule is CCCC(=O)Nc1cccc(F)c1C. The summed E-state index contributed by atoms with van der Waals surface area (Å²) in [7, 11) is 0. The van der Waals surface area contributed by atoms with Crippen molar-refractivity contribution in [2.45, 2.75) is 26.7 Å². The van der Waals surface area contributed by atoms with Crippen LogP contribution in [0.15, 0.2) is 18.2 Å². The summed E-state index contributed by atoms with van der Waals surface area (Å²) >= 11 is 0. The number of benzene rings is 1. The number of hydrogen-bond acceptors (Lipinski definition) is 1. The van der Waals surface area contributed by atoms with Crippen LogP contribution in [0.5, 0.6) is 0 Å². The third kappa shape index (κ3) is 2.55. The van der Waals surface area contributed by atoms with Crippen LogP contribution in [0.25, 0.3) is 0 Å². The maximum Gasteiger partial charge on any atom is 0.224 e. The molecule has 0 fully saturated rings. The van der Waals surface area contributed by atoms with Gasteiger partial charge in [-0.1, -0.05) is 13.0 Å². The Morgan fingerprint density at radius 2 is 2.21 bits per heavy atom. The number of hydrogen-bond donors (Lipinski definition) is 1. The fourth-order valence-electron chi connectivity index (χ4n) is 1.18. The fourth-order valence-corrected chi connectivity index (χ4v) is 1.18. The van der Waals surface area contributed by atoms with E-state index in [-0.39, 0.29) is 11.7 Å². The molecule has 0 atom stereocenters. The van der Waals surface area contributed by atoms with Crippen LogP contribution in [0.2, 0.25) is 0 Å². The second kappa shape index (κ2) is 4.74. The Hall–Kier alpha value is -1.38. The van der Waals surface area contributed by atoms with Crippen molar-refractivity contribution >= 4 is 11.6 Å². The fraction of sp³-hybridized carbons (Fsp3) is 0.364. The number of amides is 1. The van der Waals surface area contributed by atoms with Gasteiger partial charge in [0, 0.05) is 17.7 Å². The molecule has 1 rings (SSSR count). The van der Waals surface area contributed by atoms with Gasteiger partial charge in [0.25, 0.3) is 0 Å². The third-order valence-electron chi connectivity index (χ3n) is 2.02. The molecule has 0 radical (unpaired) electrons. The van der Waals surface area contributed by atoms with Gasteiger partial charge in [0.15, 0.2) is 0 Å². The summed E-state index contributed by atoms with van der Waals surface area (Å²) in [5.74, 6) is -0.361. The average molecular weight is 195 g/mol. The minimum absolute atomic E-state index is 0.0683. The topological polar surface area (TPSA) is 29.1 Å². The number of anilines is 1. The summed E-state index contributed by atoms with van der Waals surface area (Å²) in [6, 6.07) is 4.67. The summed E-state index contributed by atoms with van der Waals surface area (Å²) in [4.78, 5) is 11.2. The molecule has 3 heteroatoms. The molecule has 0 unspecified atom stereocenters. The molecule has 2 nitrogen and oxygen atoms in total. The Bertz CT molecular complexity index is 336. The van der Waals surface area contributed by atoms with Crippen LogP contribution in [-0.4, -0.2) is 5.91 Å². The minimum atomic E-state index is -0.292. The number of carbonyl (C=O) groups is 1. The van der Waals surface area contributed by atoms with Gasteiger partial charge < -0.3 is 5.32 Å². The van der Waals surface area contributed by atoms with E-state index in [1.54, 1.807) is 19.1 Å². The smallest absolute Gasteiger partial charge is 0.224 e. The van der Waals surface area contributed by atoms with Crippen LogP contribution in [0.4, 0.5) is 10.1 Å². The summed E-state index contributed by atoms with van der Waals surface area (Å²) in [5.41, 5.74) is 1.04. The standard InChI is InChI=1S/C11H14FNO/c1-3-5-11(14)13-10-7-4-6-9(12)8(10)2/h4,6-7H,3,5H2,1-2H3,(H,13,14). The van der Waals surface area contributed by atoms with Crippen molar-refractivity contribution in [3.05, 3.63) is 29.6 Å². The summed E-state index contributed by atoms with van der Waals surface area (Å²) < 4.78 is 13.1. The molecule has 1 amide bonds. The Morgan fingerprint density at radius 3 is 2.86 bits per heavy atom. The first kappa shape index (κ1) is 10.7. The van der Waals surface area contributed by atoms with Crippen LogP contribution < -0.4 is 5.32 Å². The van der Waals surface area contributed by atoms with Gasteiger partial charge in [-0.3, -0.25) is 4.79 Å². The van der Waals surface area contributed by atoms with Gasteiger partial charge in [0.1, 0.15) is 5.82 Å². The molecule has 0 aromatic heterocycles. The molecule has 0 aliphatic rings. The molecular formula is C11H14FNO. The van der Waals surface area contributed by atoms with E-state index in [0.717, 1.165) is 6.42 Å². The normalized spacial score (nSPS) is 9.93. The molecule has 0 saturated carbocycles. The van der Waals surface area contributed by atoms with Gasteiger partial charge >= 0.3 is 0 Å². The first-order valence-electron chi connectivity index (χ1n) is 4.70. The molecule has 0 spiro atoms. The molecule has 1 aromatic rings. The van der Waals surface area contributed by atoms with Crippen LogP contribution >= 0.6 is 0 Å². The highest BCUT2D eigenvalue weighted by Gasteiger charge is 2.05. The highest BCUT2D eigenvalue weighted by atomic mass is 19.1. The summed E-state index contributed by atoms with van der Waals surface area (Å²) in [6.45, 7) is 3.58. The van der Waals surface area contributed by atoms with E-state index in [0.29, 0.717) is 17.7 Å². The van der Waals surface area contributed by atoms with Gasteiger partial charge in [0.2, 0.25) is 5.91 Å². The Balaban J connectivity index is 2.76. The van der Waals surface area contributed by atoms with Gasteiger partial charge in [-0.2, -0.15) is 0 Å². The van der Waals surface area contributed by atoms with Gasteiger partial charge in [-0.15, -0.1) is 0 Å². The van der Waals surface area contributed by atoms with Crippen molar-refractivity contribution in [3.8, 4) is 0 Å².